The van der Waals surface area contributed by atoms with Crippen molar-refractivity contribution in [1.82, 2.24) is 15.2 Å². The van der Waals surface area contributed by atoms with Crippen molar-refractivity contribution in [2.24, 2.45) is 5.92 Å². The van der Waals surface area contributed by atoms with Crippen molar-refractivity contribution in [2.45, 2.75) is 18.4 Å². The highest BCUT2D eigenvalue weighted by Crippen LogP contribution is 2.53. The summed E-state index contributed by atoms with van der Waals surface area (Å²) in [4.78, 5) is 30.1. The van der Waals surface area contributed by atoms with E-state index in [1.807, 2.05) is 0 Å². The van der Waals surface area contributed by atoms with Crippen molar-refractivity contribution in [3.8, 4) is 0 Å². The lowest BCUT2D eigenvalue weighted by Crippen LogP contribution is -2.40. The van der Waals surface area contributed by atoms with Gasteiger partial charge < -0.3 is 14.6 Å². The molecule has 1 N–H and O–H groups in total. The molecule has 0 radical (unpaired) electrons. The molecule has 25 heavy (non-hydrogen) atoms. The van der Waals surface area contributed by atoms with Gasteiger partial charge in [0.1, 0.15) is 17.4 Å². The van der Waals surface area contributed by atoms with E-state index in [1.165, 1.54) is 13.4 Å². The van der Waals surface area contributed by atoms with Gasteiger partial charge in [0.15, 0.2) is 12.1 Å². The van der Waals surface area contributed by atoms with Gasteiger partial charge in [0, 0.05) is 37.2 Å². The van der Waals surface area contributed by atoms with Crippen LogP contribution in [-0.4, -0.2) is 41.3 Å². The van der Waals surface area contributed by atoms with Crippen LogP contribution in [0.2, 0.25) is 0 Å². The number of halogens is 2. The van der Waals surface area contributed by atoms with Crippen molar-refractivity contribution >= 4 is 11.8 Å². The molecule has 5 rings (SSSR count). The van der Waals surface area contributed by atoms with E-state index in [2.05, 4.69) is 10.3 Å². The lowest BCUT2D eigenvalue weighted by molar-refractivity contribution is 0.0728. The van der Waals surface area contributed by atoms with Gasteiger partial charge in [-0.1, -0.05) is 0 Å². The van der Waals surface area contributed by atoms with Crippen LogP contribution in [-0.2, 0) is 0 Å². The fourth-order valence-electron chi connectivity index (χ4n) is 3.87. The largest absolute Gasteiger partial charge is 0.447 e. The first kappa shape index (κ1) is 15.7. The van der Waals surface area contributed by atoms with E-state index in [1.54, 1.807) is 4.90 Å². The predicted molar refractivity (Wildman–Crippen MR) is 81.9 cm³/mol. The standard InChI is InChI=1S/C17H15F2N3O3/c1-20-16(23)14-15(25-7-21-14)13-9-4-12(13)22(6-9)17(24)8-2-10(18)5-11(19)3-8/h2-3,5,7,9,12-13H,4,6H2,1H3,(H,20,23). The maximum absolute atomic E-state index is 13.4. The lowest BCUT2D eigenvalue weighted by Gasteiger charge is -2.35. The number of hydrogen-bond donors (Lipinski definition) is 1. The molecular formula is C17H15F2N3O3. The van der Waals surface area contributed by atoms with Crippen LogP contribution in [0.5, 0.6) is 0 Å². The minimum Gasteiger partial charge on any atom is -0.447 e. The van der Waals surface area contributed by atoms with Crippen LogP contribution in [0.25, 0.3) is 0 Å². The number of nitrogens with one attached hydrogen (secondary N) is 1. The Morgan fingerprint density at radius 2 is 2.00 bits per heavy atom. The van der Waals surface area contributed by atoms with E-state index in [4.69, 9.17) is 4.42 Å². The molecule has 3 atom stereocenters. The van der Waals surface area contributed by atoms with Crippen LogP contribution in [0.15, 0.2) is 29.0 Å². The molecule has 2 amide bonds. The zero-order valence-corrected chi connectivity index (χ0v) is 13.3. The van der Waals surface area contributed by atoms with Crippen molar-refractivity contribution in [2.75, 3.05) is 13.6 Å². The molecule has 1 saturated carbocycles. The highest BCUT2D eigenvalue weighted by molar-refractivity contribution is 5.95. The van der Waals surface area contributed by atoms with Crippen molar-refractivity contribution in [1.29, 1.82) is 0 Å². The van der Waals surface area contributed by atoms with E-state index in [0.29, 0.717) is 12.3 Å². The normalized spacial score (nSPS) is 24.1. The Hall–Kier alpha value is -2.77. The summed E-state index contributed by atoms with van der Waals surface area (Å²) in [7, 11) is 1.50. The topological polar surface area (TPSA) is 75.4 Å². The molecule has 1 aliphatic carbocycles. The van der Waals surface area contributed by atoms with Gasteiger partial charge in [0.25, 0.3) is 11.8 Å². The summed E-state index contributed by atoms with van der Waals surface area (Å²) in [5.41, 5.74) is 0.196. The van der Waals surface area contributed by atoms with Gasteiger partial charge in [0.2, 0.25) is 0 Å². The first-order chi connectivity index (χ1) is 12.0. The van der Waals surface area contributed by atoms with Crippen LogP contribution < -0.4 is 5.32 Å². The first-order valence-electron chi connectivity index (χ1n) is 7.92. The summed E-state index contributed by atoms with van der Waals surface area (Å²) in [6.07, 6.45) is 1.98. The molecule has 2 saturated heterocycles. The van der Waals surface area contributed by atoms with Gasteiger partial charge in [-0.05, 0) is 24.5 Å². The summed E-state index contributed by atoms with van der Waals surface area (Å²) in [5.74, 6) is -1.87. The molecule has 8 heteroatoms. The Morgan fingerprint density at radius 3 is 2.68 bits per heavy atom. The average molecular weight is 347 g/mol. The number of benzene rings is 1. The number of aromatic nitrogens is 1. The Bertz CT molecular complexity index is 846. The van der Waals surface area contributed by atoms with Crippen LogP contribution in [0.4, 0.5) is 8.78 Å². The second kappa shape index (κ2) is 5.65. The smallest absolute Gasteiger partial charge is 0.273 e. The number of hydrogen-bond acceptors (Lipinski definition) is 4. The van der Waals surface area contributed by atoms with Crippen LogP contribution in [0.3, 0.4) is 0 Å². The van der Waals surface area contributed by atoms with Crippen molar-refractivity contribution < 1.29 is 22.8 Å². The van der Waals surface area contributed by atoms with Gasteiger partial charge in [-0.25, -0.2) is 13.8 Å². The molecule has 3 heterocycles. The van der Waals surface area contributed by atoms with Gasteiger partial charge in [-0.3, -0.25) is 9.59 Å². The highest BCUT2D eigenvalue weighted by Gasteiger charge is 2.56. The number of carbonyl (C=O) groups excluding carboxylic acids is 2. The first-order valence-corrected chi connectivity index (χ1v) is 7.92. The summed E-state index contributed by atoms with van der Waals surface area (Å²) in [5, 5.41) is 2.51. The van der Waals surface area contributed by atoms with Crippen LogP contribution in [0, 0.1) is 17.6 Å². The fourth-order valence-corrected chi connectivity index (χ4v) is 3.87. The molecule has 3 fully saturated rings. The number of amides is 2. The molecule has 2 aromatic rings. The maximum atomic E-state index is 13.4. The number of oxazole rings is 1. The third-order valence-corrected chi connectivity index (χ3v) is 5.01. The molecule has 6 nitrogen and oxygen atoms in total. The Labute approximate surface area is 141 Å². The second-order valence-electron chi connectivity index (χ2n) is 6.35. The van der Waals surface area contributed by atoms with E-state index >= 15 is 0 Å². The number of fused-ring (bicyclic) bond motifs is 1. The third-order valence-electron chi connectivity index (χ3n) is 5.01. The Kier molecular flexibility index (Phi) is 3.55. The molecular weight excluding hydrogens is 332 g/mol. The Morgan fingerprint density at radius 1 is 1.28 bits per heavy atom. The lowest BCUT2D eigenvalue weighted by atomic mass is 9.72. The molecule has 130 valence electrons. The quantitative estimate of drug-likeness (QED) is 0.921. The van der Waals surface area contributed by atoms with E-state index in [-0.39, 0.29) is 35.0 Å². The summed E-state index contributed by atoms with van der Waals surface area (Å²) in [6.45, 7) is 0.459. The maximum Gasteiger partial charge on any atom is 0.273 e. The summed E-state index contributed by atoms with van der Waals surface area (Å²) >= 11 is 0. The van der Waals surface area contributed by atoms with Crippen LogP contribution in [0.1, 0.15) is 38.9 Å². The molecule has 3 aliphatic rings. The zero-order valence-electron chi connectivity index (χ0n) is 13.3. The van der Waals surface area contributed by atoms with Crippen molar-refractivity contribution in [3.05, 3.63) is 53.2 Å². The van der Waals surface area contributed by atoms with Gasteiger partial charge in [-0.15, -0.1) is 0 Å². The third kappa shape index (κ3) is 2.40. The van der Waals surface area contributed by atoms with Gasteiger partial charge in [0.05, 0.1) is 0 Å². The minimum atomic E-state index is -0.788. The second-order valence-corrected chi connectivity index (χ2v) is 6.35. The summed E-state index contributed by atoms with van der Waals surface area (Å²) < 4.78 is 32.2. The minimum absolute atomic E-state index is 0.0205. The van der Waals surface area contributed by atoms with Crippen molar-refractivity contribution in [3.63, 3.8) is 0 Å². The molecule has 0 spiro atoms. The monoisotopic (exact) mass is 347 g/mol. The number of carbonyl (C=O) groups is 2. The van der Waals surface area contributed by atoms with E-state index < -0.39 is 17.5 Å². The molecule has 2 bridgehead atoms. The number of nitrogens with zero attached hydrogens (tertiary/aromatic N) is 2. The summed E-state index contributed by atoms with van der Waals surface area (Å²) in [6, 6.07) is 2.62. The van der Waals surface area contributed by atoms with Gasteiger partial charge in [-0.2, -0.15) is 0 Å². The average Bonchev–Trinajstić information content (AvgIpc) is 3.26. The highest BCUT2D eigenvalue weighted by atomic mass is 19.1. The van der Waals surface area contributed by atoms with Gasteiger partial charge >= 0.3 is 0 Å². The van der Waals surface area contributed by atoms with Crippen LogP contribution >= 0.6 is 0 Å². The van der Waals surface area contributed by atoms with E-state index in [0.717, 1.165) is 24.6 Å². The molecule has 3 unspecified atom stereocenters. The Balaban J connectivity index is 1.59. The zero-order chi connectivity index (χ0) is 17.7. The number of rotatable bonds is 3. The predicted octanol–water partition coefficient (Wildman–Crippen LogP) is 1.94. The van der Waals surface area contributed by atoms with E-state index in [9.17, 15) is 18.4 Å². The molecule has 2 aliphatic heterocycles. The SMILES string of the molecule is CNC(=O)c1ncoc1C1C2CC1N(C(=O)c1cc(F)cc(F)c1)C2. The molecule has 1 aromatic carbocycles. The molecule has 1 aromatic heterocycles. The fraction of sp³-hybridized carbons (Fsp3) is 0.353.